The number of carbonyl (C=O) groups excluding carboxylic acids is 1. The van der Waals surface area contributed by atoms with Crippen LogP contribution >= 0.6 is 11.3 Å². The van der Waals surface area contributed by atoms with Gasteiger partial charge in [0.05, 0.1) is 15.8 Å². The average Bonchev–Trinajstić information content (AvgIpc) is 2.91. The summed E-state index contributed by atoms with van der Waals surface area (Å²) in [6, 6.07) is 10.4. The summed E-state index contributed by atoms with van der Waals surface area (Å²) in [6.45, 7) is 0. The summed E-state index contributed by atoms with van der Waals surface area (Å²) >= 11 is 1.33. The topological polar surface area (TPSA) is 62.8 Å². The van der Waals surface area contributed by atoms with Crippen molar-refractivity contribution in [3.05, 3.63) is 62.8 Å². The zero-order valence-corrected chi connectivity index (χ0v) is 10.0. The monoisotopic (exact) mass is 256 g/mol. The van der Waals surface area contributed by atoms with Crippen LogP contribution < -0.4 is 5.56 Å². The molecular weight excluding hydrogens is 248 g/mol. The Kier molecular flexibility index (Phi) is 2.53. The van der Waals surface area contributed by atoms with Crippen LogP contribution in [0.25, 0.3) is 10.9 Å². The summed E-state index contributed by atoms with van der Waals surface area (Å²) in [5.74, 6) is -0.172. The lowest BCUT2D eigenvalue weighted by Crippen LogP contribution is -2.15. The van der Waals surface area contributed by atoms with E-state index in [1.807, 2.05) is 5.38 Å². The van der Waals surface area contributed by atoms with Crippen LogP contribution in [0.15, 0.2) is 46.6 Å². The first-order valence-corrected chi connectivity index (χ1v) is 6.21. The first-order valence-electron chi connectivity index (χ1n) is 5.33. The molecule has 1 aromatic carbocycles. The van der Waals surface area contributed by atoms with Crippen molar-refractivity contribution in [3.8, 4) is 0 Å². The Labute approximate surface area is 106 Å². The van der Waals surface area contributed by atoms with Gasteiger partial charge in [-0.05, 0) is 23.6 Å². The highest BCUT2D eigenvalue weighted by Crippen LogP contribution is 2.13. The van der Waals surface area contributed by atoms with E-state index in [9.17, 15) is 9.59 Å². The molecule has 1 N–H and O–H groups in total. The number of H-pyrrole nitrogens is 1. The number of fused-ring (bicyclic) bond motifs is 1. The van der Waals surface area contributed by atoms with Gasteiger partial charge in [0.25, 0.3) is 5.56 Å². The largest absolute Gasteiger partial charge is 0.303 e. The van der Waals surface area contributed by atoms with Crippen LogP contribution in [-0.2, 0) is 0 Å². The molecule has 0 bridgehead atoms. The number of hydrogen-bond donors (Lipinski definition) is 1. The van der Waals surface area contributed by atoms with Crippen molar-refractivity contribution in [3.63, 3.8) is 0 Å². The number of benzene rings is 1. The summed E-state index contributed by atoms with van der Waals surface area (Å²) in [7, 11) is 0. The molecule has 18 heavy (non-hydrogen) atoms. The highest BCUT2D eigenvalue weighted by Gasteiger charge is 2.14. The van der Waals surface area contributed by atoms with Gasteiger partial charge in [0.1, 0.15) is 0 Å². The van der Waals surface area contributed by atoms with Crippen molar-refractivity contribution in [2.24, 2.45) is 0 Å². The molecule has 2 aromatic heterocycles. The molecule has 0 atom stereocenters. The molecule has 4 nitrogen and oxygen atoms in total. The van der Waals surface area contributed by atoms with Crippen molar-refractivity contribution < 1.29 is 4.79 Å². The molecule has 0 saturated heterocycles. The molecule has 0 amide bonds. The van der Waals surface area contributed by atoms with Crippen LogP contribution in [0.4, 0.5) is 0 Å². The van der Waals surface area contributed by atoms with Gasteiger partial charge >= 0.3 is 0 Å². The number of hydrogen-bond acceptors (Lipinski definition) is 4. The van der Waals surface area contributed by atoms with E-state index in [-0.39, 0.29) is 17.2 Å². The van der Waals surface area contributed by atoms with E-state index in [1.54, 1.807) is 36.4 Å². The predicted octanol–water partition coefficient (Wildman–Crippen LogP) is 2.22. The number of carbonyl (C=O) groups is 1. The van der Waals surface area contributed by atoms with Crippen LogP contribution in [0.1, 0.15) is 15.5 Å². The van der Waals surface area contributed by atoms with Gasteiger partial charge in [-0.25, -0.2) is 4.98 Å². The molecule has 0 fully saturated rings. The fourth-order valence-corrected chi connectivity index (χ4v) is 2.38. The second-order valence-electron chi connectivity index (χ2n) is 3.74. The van der Waals surface area contributed by atoms with E-state index in [1.165, 1.54) is 11.3 Å². The Morgan fingerprint density at radius 2 is 2.00 bits per heavy atom. The van der Waals surface area contributed by atoms with E-state index in [0.717, 1.165) is 0 Å². The normalized spacial score (nSPS) is 10.7. The maximum Gasteiger partial charge on any atom is 0.259 e. The number of rotatable bonds is 2. The number of para-hydroxylation sites is 1. The van der Waals surface area contributed by atoms with Crippen molar-refractivity contribution >= 4 is 28.0 Å². The number of ketones is 1. The van der Waals surface area contributed by atoms with Gasteiger partial charge in [0, 0.05) is 0 Å². The molecule has 88 valence electrons. The summed E-state index contributed by atoms with van der Waals surface area (Å²) in [5, 5.41) is 2.30. The second-order valence-corrected chi connectivity index (χ2v) is 4.69. The quantitative estimate of drug-likeness (QED) is 0.715. The summed E-state index contributed by atoms with van der Waals surface area (Å²) in [4.78, 5) is 31.2. The highest BCUT2D eigenvalue weighted by atomic mass is 32.1. The van der Waals surface area contributed by atoms with Crippen LogP contribution in [-0.4, -0.2) is 15.8 Å². The van der Waals surface area contributed by atoms with Gasteiger partial charge < -0.3 is 4.98 Å². The van der Waals surface area contributed by atoms with Crippen molar-refractivity contribution in [2.75, 3.05) is 0 Å². The SMILES string of the molecule is O=C(c1nc2ccccc2c(=O)[nH]1)c1cccs1. The Bertz CT molecular complexity index is 775. The Balaban J connectivity index is 2.20. The van der Waals surface area contributed by atoms with Crippen molar-refractivity contribution in [1.82, 2.24) is 9.97 Å². The first kappa shape index (κ1) is 10.9. The minimum atomic E-state index is -0.291. The summed E-state index contributed by atoms with van der Waals surface area (Å²) in [5.41, 5.74) is 0.238. The number of thiophene rings is 1. The standard InChI is InChI=1S/C13H8N2O2S/c16-11(10-6-3-7-18-10)12-14-9-5-2-1-4-8(9)13(17)15-12/h1-7H,(H,14,15,17). The zero-order chi connectivity index (χ0) is 12.5. The van der Waals surface area contributed by atoms with Crippen LogP contribution in [0, 0.1) is 0 Å². The second kappa shape index (κ2) is 4.19. The van der Waals surface area contributed by atoms with Crippen LogP contribution in [0.3, 0.4) is 0 Å². The van der Waals surface area contributed by atoms with Gasteiger partial charge in [0.2, 0.25) is 5.78 Å². The lowest BCUT2D eigenvalue weighted by atomic mass is 10.2. The van der Waals surface area contributed by atoms with Gasteiger partial charge in [-0.1, -0.05) is 18.2 Å². The molecule has 0 aliphatic carbocycles. The number of aromatic amines is 1. The van der Waals surface area contributed by atoms with Gasteiger partial charge in [-0.15, -0.1) is 11.3 Å². The zero-order valence-electron chi connectivity index (χ0n) is 9.21. The van der Waals surface area contributed by atoms with E-state index < -0.39 is 0 Å². The third-order valence-electron chi connectivity index (χ3n) is 2.57. The molecule has 0 unspecified atom stereocenters. The maximum absolute atomic E-state index is 12.1. The Morgan fingerprint density at radius 3 is 2.78 bits per heavy atom. The van der Waals surface area contributed by atoms with Crippen molar-refractivity contribution in [2.45, 2.75) is 0 Å². The molecule has 3 aromatic rings. The molecule has 5 heteroatoms. The fourth-order valence-electron chi connectivity index (χ4n) is 1.72. The third-order valence-corrected chi connectivity index (χ3v) is 3.44. The molecule has 0 aliphatic rings. The predicted molar refractivity (Wildman–Crippen MR) is 70.1 cm³/mol. The minimum Gasteiger partial charge on any atom is -0.303 e. The van der Waals surface area contributed by atoms with Gasteiger partial charge in [-0.2, -0.15) is 0 Å². The molecule has 0 saturated carbocycles. The number of nitrogens with one attached hydrogen (secondary N) is 1. The molecule has 2 heterocycles. The van der Waals surface area contributed by atoms with E-state index in [4.69, 9.17) is 0 Å². The van der Waals surface area contributed by atoms with Gasteiger partial charge in [0.15, 0.2) is 5.82 Å². The summed E-state index contributed by atoms with van der Waals surface area (Å²) in [6.07, 6.45) is 0. The lowest BCUT2D eigenvalue weighted by Gasteiger charge is -2.00. The van der Waals surface area contributed by atoms with E-state index in [2.05, 4.69) is 9.97 Å². The Morgan fingerprint density at radius 1 is 1.17 bits per heavy atom. The number of aromatic nitrogens is 2. The minimum absolute atomic E-state index is 0.0844. The average molecular weight is 256 g/mol. The molecular formula is C13H8N2O2S. The van der Waals surface area contributed by atoms with Crippen LogP contribution in [0.2, 0.25) is 0 Å². The molecule has 0 spiro atoms. The van der Waals surface area contributed by atoms with Crippen molar-refractivity contribution in [1.29, 1.82) is 0 Å². The maximum atomic E-state index is 12.1. The van der Waals surface area contributed by atoms with Gasteiger partial charge in [-0.3, -0.25) is 9.59 Å². The molecule has 3 rings (SSSR count). The first-order chi connectivity index (χ1) is 8.75. The fraction of sp³-hybridized carbons (Fsp3) is 0. The third kappa shape index (κ3) is 1.74. The summed E-state index contributed by atoms with van der Waals surface area (Å²) < 4.78 is 0. The number of nitrogens with zero attached hydrogens (tertiary/aromatic N) is 1. The molecule has 0 radical (unpaired) electrons. The smallest absolute Gasteiger partial charge is 0.259 e. The van der Waals surface area contributed by atoms with E-state index in [0.29, 0.717) is 15.8 Å². The molecule has 0 aliphatic heterocycles. The Hall–Kier alpha value is -2.27. The van der Waals surface area contributed by atoms with E-state index >= 15 is 0 Å². The van der Waals surface area contributed by atoms with Crippen LogP contribution in [0.5, 0.6) is 0 Å². The lowest BCUT2D eigenvalue weighted by molar-refractivity contribution is 0.103. The highest BCUT2D eigenvalue weighted by molar-refractivity contribution is 7.12.